The normalized spacial score (nSPS) is 21.6. The minimum Gasteiger partial charge on any atom is -0.359 e. The summed E-state index contributed by atoms with van der Waals surface area (Å²) in [5.74, 6) is 1.12. The van der Waals surface area contributed by atoms with Crippen molar-refractivity contribution in [3.63, 3.8) is 0 Å². The Bertz CT molecular complexity index is 708. The molecule has 2 aliphatic heterocycles. The maximum atomic E-state index is 12.7. The van der Waals surface area contributed by atoms with Gasteiger partial charge in [0.05, 0.1) is 18.3 Å². The average Bonchev–Trinajstić information content (AvgIpc) is 3.26. The SMILES string of the molecule is Cc1cc([C@@H]2CCCN2CC(=O)N2CCc3sccc3C2)on1. The van der Waals surface area contributed by atoms with Crippen LogP contribution in [0.25, 0.3) is 0 Å². The highest BCUT2D eigenvalue weighted by atomic mass is 32.1. The lowest BCUT2D eigenvalue weighted by molar-refractivity contribution is -0.133. The Morgan fingerprint density at radius 2 is 2.39 bits per heavy atom. The summed E-state index contributed by atoms with van der Waals surface area (Å²) in [5.41, 5.74) is 2.22. The number of fused-ring (bicyclic) bond motifs is 1. The second kappa shape index (κ2) is 6.09. The van der Waals surface area contributed by atoms with Crippen molar-refractivity contribution in [2.45, 2.75) is 38.8 Å². The van der Waals surface area contributed by atoms with Crippen LogP contribution in [0.2, 0.25) is 0 Å². The van der Waals surface area contributed by atoms with E-state index in [2.05, 4.69) is 21.5 Å². The number of carbonyl (C=O) groups excluding carboxylic acids is 1. The molecule has 1 amide bonds. The lowest BCUT2D eigenvalue weighted by Crippen LogP contribution is -2.42. The van der Waals surface area contributed by atoms with Crippen molar-refractivity contribution >= 4 is 17.2 Å². The number of carbonyl (C=O) groups is 1. The maximum absolute atomic E-state index is 12.7. The first-order chi connectivity index (χ1) is 11.2. The number of rotatable bonds is 3. The van der Waals surface area contributed by atoms with E-state index >= 15 is 0 Å². The van der Waals surface area contributed by atoms with Gasteiger partial charge in [0.15, 0.2) is 5.76 Å². The zero-order valence-corrected chi connectivity index (χ0v) is 14.1. The van der Waals surface area contributed by atoms with Gasteiger partial charge in [-0.25, -0.2) is 0 Å². The van der Waals surface area contributed by atoms with Crippen LogP contribution in [0.4, 0.5) is 0 Å². The largest absolute Gasteiger partial charge is 0.359 e. The van der Waals surface area contributed by atoms with Crippen LogP contribution in [0.15, 0.2) is 22.0 Å². The van der Waals surface area contributed by atoms with E-state index in [-0.39, 0.29) is 11.9 Å². The van der Waals surface area contributed by atoms with Crippen LogP contribution >= 0.6 is 11.3 Å². The van der Waals surface area contributed by atoms with Crippen LogP contribution in [0.1, 0.15) is 40.8 Å². The van der Waals surface area contributed by atoms with Gasteiger partial charge in [-0.3, -0.25) is 9.69 Å². The first-order valence-corrected chi connectivity index (χ1v) is 9.09. The maximum Gasteiger partial charge on any atom is 0.237 e. The molecule has 0 bridgehead atoms. The number of amides is 1. The number of hydrogen-bond donors (Lipinski definition) is 0. The van der Waals surface area contributed by atoms with Crippen LogP contribution in [0, 0.1) is 6.92 Å². The molecule has 1 atom stereocenters. The summed E-state index contributed by atoms with van der Waals surface area (Å²) >= 11 is 1.80. The Morgan fingerprint density at radius 3 is 3.22 bits per heavy atom. The highest BCUT2D eigenvalue weighted by Gasteiger charge is 2.32. The minimum absolute atomic E-state index is 0.196. The van der Waals surface area contributed by atoms with Gasteiger partial charge in [-0.1, -0.05) is 5.16 Å². The average molecular weight is 331 g/mol. The van der Waals surface area contributed by atoms with Crippen molar-refractivity contribution < 1.29 is 9.32 Å². The predicted octanol–water partition coefficient (Wildman–Crippen LogP) is 2.77. The molecule has 23 heavy (non-hydrogen) atoms. The molecule has 2 aromatic rings. The summed E-state index contributed by atoms with van der Waals surface area (Å²) in [6.07, 6.45) is 3.13. The van der Waals surface area contributed by atoms with Crippen molar-refractivity contribution in [2.24, 2.45) is 0 Å². The third-order valence-corrected chi connectivity index (χ3v) is 5.86. The number of likely N-dealkylation sites (tertiary alicyclic amines) is 1. The Morgan fingerprint density at radius 1 is 1.48 bits per heavy atom. The van der Waals surface area contributed by atoms with E-state index in [9.17, 15) is 4.79 Å². The molecule has 0 saturated carbocycles. The third-order valence-electron chi connectivity index (χ3n) is 4.84. The standard InChI is InChI=1S/C17H21N3O2S/c1-12-9-15(22-18-12)14-3-2-6-19(14)11-17(21)20-7-4-16-13(10-20)5-8-23-16/h5,8-9,14H,2-4,6-7,10-11H2,1H3/t14-/m0/s1. The van der Waals surface area contributed by atoms with Crippen molar-refractivity contribution in [1.82, 2.24) is 15.0 Å². The fraction of sp³-hybridized carbons (Fsp3) is 0.529. The van der Waals surface area contributed by atoms with Crippen LogP contribution in [-0.4, -0.2) is 40.5 Å². The Labute approximate surface area is 139 Å². The van der Waals surface area contributed by atoms with Gasteiger partial charge in [0, 0.05) is 24.0 Å². The second-order valence-corrected chi connectivity index (χ2v) is 7.43. The molecule has 2 aromatic heterocycles. The quantitative estimate of drug-likeness (QED) is 0.868. The molecule has 4 heterocycles. The van der Waals surface area contributed by atoms with E-state index < -0.39 is 0 Å². The summed E-state index contributed by atoms with van der Waals surface area (Å²) in [6, 6.07) is 4.34. The van der Waals surface area contributed by atoms with Crippen molar-refractivity contribution in [2.75, 3.05) is 19.6 Å². The molecule has 4 rings (SSSR count). The Hall–Kier alpha value is -1.66. The van der Waals surface area contributed by atoms with Gasteiger partial charge in [0.2, 0.25) is 5.91 Å². The number of nitrogens with zero attached hydrogens (tertiary/aromatic N) is 3. The zero-order chi connectivity index (χ0) is 15.8. The van der Waals surface area contributed by atoms with E-state index in [1.54, 1.807) is 11.3 Å². The van der Waals surface area contributed by atoms with Gasteiger partial charge in [0.1, 0.15) is 0 Å². The summed E-state index contributed by atoms with van der Waals surface area (Å²) in [7, 11) is 0. The van der Waals surface area contributed by atoms with Crippen LogP contribution in [0.5, 0.6) is 0 Å². The highest BCUT2D eigenvalue weighted by Crippen LogP contribution is 2.32. The smallest absolute Gasteiger partial charge is 0.237 e. The molecular weight excluding hydrogens is 310 g/mol. The summed E-state index contributed by atoms with van der Waals surface area (Å²) < 4.78 is 5.43. The van der Waals surface area contributed by atoms with Gasteiger partial charge >= 0.3 is 0 Å². The molecule has 122 valence electrons. The monoisotopic (exact) mass is 331 g/mol. The predicted molar refractivity (Wildman–Crippen MR) is 88.2 cm³/mol. The molecular formula is C17H21N3O2S. The fourth-order valence-electron chi connectivity index (χ4n) is 3.61. The molecule has 0 radical (unpaired) electrons. The first-order valence-electron chi connectivity index (χ1n) is 8.21. The molecule has 0 unspecified atom stereocenters. The molecule has 0 N–H and O–H groups in total. The molecule has 1 saturated heterocycles. The van der Waals surface area contributed by atoms with E-state index in [1.165, 1.54) is 10.4 Å². The van der Waals surface area contributed by atoms with Crippen molar-refractivity contribution in [1.29, 1.82) is 0 Å². The van der Waals surface area contributed by atoms with E-state index in [0.717, 1.165) is 50.4 Å². The fourth-order valence-corrected chi connectivity index (χ4v) is 4.50. The number of hydrogen-bond acceptors (Lipinski definition) is 5. The van der Waals surface area contributed by atoms with Crippen LogP contribution < -0.4 is 0 Å². The number of aryl methyl sites for hydroxylation is 1. The Balaban J connectivity index is 1.42. The second-order valence-electron chi connectivity index (χ2n) is 6.43. The molecule has 6 heteroatoms. The minimum atomic E-state index is 0.196. The van der Waals surface area contributed by atoms with E-state index in [0.29, 0.717) is 6.54 Å². The number of aromatic nitrogens is 1. The molecule has 1 fully saturated rings. The van der Waals surface area contributed by atoms with Crippen molar-refractivity contribution in [3.8, 4) is 0 Å². The van der Waals surface area contributed by atoms with Gasteiger partial charge in [-0.2, -0.15) is 0 Å². The van der Waals surface area contributed by atoms with Gasteiger partial charge in [-0.15, -0.1) is 11.3 Å². The first kappa shape index (κ1) is 14.9. The molecule has 0 aromatic carbocycles. The van der Waals surface area contributed by atoms with Crippen molar-refractivity contribution in [3.05, 3.63) is 39.4 Å². The van der Waals surface area contributed by atoms with E-state index in [1.807, 2.05) is 17.9 Å². The Kier molecular flexibility index (Phi) is 3.95. The molecule has 0 spiro atoms. The van der Waals surface area contributed by atoms with E-state index in [4.69, 9.17) is 4.52 Å². The lowest BCUT2D eigenvalue weighted by Gasteiger charge is -2.30. The number of thiophene rings is 1. The summed E-state index contributed by atoms with van der Waals surface area (Å²) in [6.45, 7) is 4.96. The third kappa shape index (κ3) is 2.93. The molecule has 2 aliphatic rings. The molecule has 5 nitrogen and oxygen atoms in total. The summed E-state index contributed by atoms with van der Waals surface area (Å²) in [4.78, 5) is 18.4. The van der Waals surface area contributed by atoms with Gasteiger partial charge in [0.25, 0.3) is 0 Å². The van der Waals surface area contributed by atoms with Gasteiger partial charge in [-0.05, 0) is 49.7 Å². The molecule has 0 aliphatic carbocycles. The summed E-state index contributed by atoms with van der Waals surface area (Å²) in [5, 5.41) is 6.11. The highest BCUT2D eigenvalue weighted by molar-refractivity contribution is 7.10. The topological polar surface area (TPSA) is 49.6 Å². The van der Waals surface area contributed by atoms with Crippen LogP contribution in [0.3, 0.4) is 0 Å². The van der Waals surface area contributed by atoms with Crippen LogP contribution in [-0.2, 0) is 17.8 Å². The zero-order valence-electron chi connectivity index (χ0n) is 13.3. The lowest BCUT2D eigenvalue weighted by atomic mass is 10.1. The van der Waals surface area contributed by atoms with Gasteiger partial charge < -0.3 is 9.42 Å².